The van der Waals surface area contributed by atoms with E-state index >= 15 is 0 Å². The largest absolute Gasteiger partial charge is 0.753 e. The van der Waals surface area contributed by atoms with E-state index in [4.69, 9.17) is 5.41 Å². The molecular formula is C13H10I3N3SSn-3. The fourth-order valence-electron chi connectivity index (χ4n) is 1.86. The Bertz CT molecular complexity index is 526. The van der Waals surface area contributed by atoms with Crippen LogP contribution in [0.15, 0.2) is 24.3 Å². The predicted octanol–water partition coefficient (Wildman–Crippen LogP) is 6.69. The van der Waals surface area contributed by atoms with E-state index in [2.05, 4.69) is 115 Å². The summed E-state index contributed by atoms with van der Waals surface area (Å²) in [5, 5.41) is 17.5. The van der Waals surface area contributed by atoms with Gasteiger partial charge in [0.15, 0.2) is 0 Å². The molecule has 2 heterocycles. The number of fused-ring (bicyclic) bond motifs is 3. The van der Waals surface area contributed by atoms with Crippen LogP contribution < -0.4 is 0 Å². The van der Waals surface area contributed by atoms with Crippen molar-refractivity contribution in [1.82, 2.24) is 0 Å². The van der Waals surface area contributed by atoms with Crippen molar-refractivity contribution in [2.45, 2.75) is 0 Å². The average Bonchev–Trinajstić information content (AvgIpc) is 2.47. The maximum Gasteiger partial charge on any atom is -0.0548 e. The van der Waals surface area contributed by atoms with E-state index in [1.807, 2.05) is 0 Å². The molecule has 0 unspecified atom stereocenters. The summed E-state index contributed by atoms with van der Waals surface area (Å²) in [5.74, 6) is 0. The van der Waals surface area contributed by atoms with Crippen LogP contribution in [0, 0.1) is 0 Å². The van der Waals surface area contributed by atoms with Crippen LogP contribution >= 0.6 is 68.1 Å². The maximum absolute atomic E-state index is 7.13. The van der Waals surface area contributed by atoms with Gasteiger partial charge in [-0.2, -0.15) is 5.16 Å². The van der Waals surface area contributed by atoms with Gasteiger partial charge < -0.3 is 16.0 Å². The summed E-state index contributed by atoms with van der Waals surface area (Å²) in [7, 11) is -0.633. The molecule has 1 aromatic rings. The van der Waals surface area contributed by atoms with Crippen molar-refractivity contribution in [3.63, 3.8) is 0 Å². The topological polar surface area (TPSA) is 50.5 Å². The molecule has 0 amide bonds. The van der Waals surface area contributed by atoms with E-state index in [1.165, 1.54) is 16.3 Å². The van der Waals surface area contributed by atoms with Crippen LogP contribution in [-0.4, -0.2) is 26.1 Å². The van der Waals surface area contributed by atoms with Gasteiger partial charge in [-0.3, -0.25) is 0 Å². The molecule has 0 aromatic heterocycles. The van der Waals surface area contributed by atoms with Crippen LogP contribution in [-0.2, 0) is 0 Å². The number of hydrogen-bond donors (Lipinski definition) is 0. The molecule has 0 bridgehead atoms. The molecule has 3 nitrogen and oxygen atoms in total. The smallest absolute Gasteiger partial charge is 0.0548 e. The zero-order valence-corrected chi connectivity index (χ0v) is 20.9. The summed E-state index contributed by atoms with van der Waals surface area (Å²) in [6.45, 7) is 1.56. The SMILES string of the molecule is C1=Cc2ccc3c(c2[N-]C1)[N-]CC=C3.[I][Sn]([I])[I].[N-]=C=S. The first-order valence-electron chi connectivity index (χ1n) is 5.80. The van der Waals surface area contributed by atoms with Gasteiger partial charge in [-0.05, 0) is 11.1 Å². The molecule has 1 radical (unpaired) electrons. The molecule has 2 aliphatic rings. The van der Waals surface area contributed by atoms with Crippen molar-refractivity contribution in [1.29, 1.82) is 0 Å². The fraction of sp³-hybridized carbons (Fsp3) is 0.154. The normalized spacial score (nSPS) is 13.1. The van der Waals surface area contributed by atoms with Crippen molar-refractivity contribution in [2.75, 3.05) is 13.1 Å². The Balaban J connectivity index is 0.000000270. The second-order valence-corrected chi connectivity index (χ2v) is 68.4. The molecule has 0 spiro atoms. The molecule has 3 rings (SSSR count). The molecule has 0 saturated carbocycles. The Labute approximate surface area is 166 Å². The second kappa shape index (κ2) is 11.6. The summed E-state index contributed by atoms with van der Waals surface area (Å²) in [6.07, 6.45) is 8.40. The third-order valence-corrected chi connectivity index (χ3v) is 2.52. The number of thiocarbonyl (C=S) groups is 1. The number of nitrogens with zero attached hydrogens (tertiary/aromatic N) is 3. The fourth-order valence-corrected chi connectivity index (χ4v) is 1.86. The van der Waals surface area contributed by atoms with Crippen molar-refractivity contribution in [3.05, 3.63) is 51.5 Å². The van der Waals surface area contributed by atoms with Crippen LogP contribution in [0.25, 0.3) is 28.2 Å². The summed E-state index contributed by atoms with van der Waals surface area (Å²) in [5.41, 5.74) is 4.51. The minimum atomic E-state index is -0.633. The van der Waals surface area contributed by atoms with Gasteiger partial charge in [-0.25, -0.2) is 0 Å². The maximum atomic E-state index is 7.13. The van der Waals surface area contributed by atoms with Crippen LogP contribution in [0.2, 0.25) is 0 Å². The van der Waals surface area contributed by atoms with Crippen molar-refractivity contribution < 1.29 is 0 Å². The molecule has 2 aliphatic heterocycles. The number of benzene rings is 1. The van der Waals surface area contributed by atoms with Gasteiger partial charge in [0.1, 0.15) is 0 Å². The minimum Gasteiger partial charge on any atom is -0.753 e. The monoisotopic (exact) mass is 741 g/mol. The van der Waals surface area contributed by atoms with E-state index < -0.39 is 7.86 Å². The summed E-state index contributed by atoms with van der Waals surface area (Å²) < 4.78 is 0. The van der Waals surface area contributed by atoms with Gasteiger partial charge in [0.05, 0.1) is 0 Å². The summed E-state index contributed by atoms with van der Waals surface area (Å²) >= 11 is 11.2. The Kier molecular flexibility index (Phi) is 11.1. The quantitative estimate of drug-likeness (QED) is 0.127. The average molecular weight is 740 g/mol. The molecule has 0 N–H and O–H groups in total. The number of isothiocyanates is 1. The van der Waals surface area contributed by atoms with Crippen LogP contribution in [0.3, 0.4) is 0 Å². The van der Waals surface area contributed by atoms with Gasteiger partial charge in [0, 0.05) is 0 Å². The van der Waals surface area contributed by atoms with E-state index in [-0.39, 0.29) is 0 Å². The van der Waals surface area contributed by atoms with Crippen LogP contribution in [0.4, 0.5) is 11.4 Å². The number of halogens is 3. The van der Waals surface area contributed by atoms with Gasteiger partial charge in [-0.1, -0.05) is 36.5 Å². The third-order valence-electron chi connectivity index (χ3n) is 2.52. The predicted molar refractivity (Wildman–Crippen MR) is 124 cm³/mol. The van der Waals surface area contributed by atoms with Gasteiger partial charge >= 0.3 is 63.8 Å². The number of rotatable bonds is 0. The second-order valence-electron chi connectivity index (χ2n) is 3.73. The molecule has 21 heavy (non-hydrogen) atoms. The zero-order chi connectivity index (χ0) is 15.7. The first-order chi connectivity index (χ1) is 10.1. The number of hydrogen-bond acceptors (Lipinski definition) is 1. The van der Waals surface area contributed by atoms with E-state index in [0.29, 0.717) is 0 Å². The zero-order valence-electron chi connectivity index (χ0n) is 10.8. The third kappa shape index (κ3) is 7.46. The molecule has 1 aromatic carbocycles. The van der Waals surface area contributed by atoms with Gasteiger partial charge in [0.2, 0.25) is 0 Å². The molecule has 8 heteroatoms. The first kappa shape index (κ1) is 20.1. The Morgan fingerprint density at radius 2 is 1.33 bits per heavy atom. The Morgan fingerprint density at radius 3 is 1.67 bits per heavy atom. The molecule has 111 valence electrons. The van der Waals surface area contributed by atoms with Crippen molar-refractivity contribution in [2.24, 2.45) is 0 Å². The molecule has 0 saturated heterocycles. The van der Waals surface area contributed by atoms with Gasteiger partial charge in [0.25, 0.3) is 0 Å². The van der Waals surface area contributed by atoms with Crippen LogP contribution in [0.5, 0.6) is 0 Å². The van der Waals surface area contributed by atoms with Crippen molar-refractivity contribution >= 4 is 105 Å². The minimum absolute atomic E-state index is 0.633. The van der Waals surface area contributed by atoms with Gasteiger partial charge in [-0.15, -0.1) is 36.6 Å². The van der Waals surface area contributed by atoms with Crippen molar-refractivity contribution in [3.8, 4) is 0 Å². The van der Waals surface area contributed by atoms with E-state index in [0.717, 1.165) is 24.5 Å². The molecule has 0 aliphatic carbocycles. The Morgan fingerprint density at radius 1 is 1.00 bits per heavy atom. The molecular weight excluding hydrogens is 730 g/mol. The Hall–Kier alpha value is 1.09. The molecule has 0 atom stereocenters. The first-order valence-corrected chi connectivity index (χ1v) is 31.1. The van der Waals surface area contributed by atoms with E-state index in [1.54, 1.807) is 0 Å². The summed E-state index contributed by atoms with van der Waals surface area (Å²) in [4.78, 5) is 0. The molecule has 0 fully saturated rings. The summed E-state index contributed by atoms with van der Waals surface area (Å²) in [6, 6.07) is 4.22. The van der Waals surface area contributed by atoms with E-state index in [9.17, 15) is 0 Å². The van der Waals surface area contributed by atoms with Crippen LogP contribution in [0.1, 0.15) is 11.1 Å². The standard InChI is InChI=1S/C12H10N2.CNS.3HI.Sn/c1-3-9-5-6-10-4-2-8-14-12(10)11(9)13-7-1;2-1-3;;;;/h1-6H,7-8H2;;3*1H;/q-2;-1;;;;+3/p-3.